The maximum atomic E-state index is 11.7. The summed E-state index contributed by atoms with van der Waals surface area (Å²) in [6.45, 7) is 16.7. The van der Waals surface area contributed by atoms with Crippen molar-refractivity contribution >= 4 is 5.78 Å². The van der Waals surface area contributed by atoms with E-state index in [1.54, 1.807) is 20.8 Å². The minimum Gasteiger partial charge on any atom is -0.393 e. The molecule has 32 heavy (non-hydrogen) atoms. The Balaban J connectivity index is 2.16. The number of hydrogen-bond acceptors (Lipinski definition) is 4. The first-order chi connectivity index (χ1) is 14.7. The highest BCUT2D eigenvalue weighted by Crippen LogP contribution is 2.60. The number of rotatable bonds is 10. The zero-order valence-corrected chi connectivity index (χ0v) is 22.2. The van der Waals surface area contributed by atoms with Crippen LogP contribution in [0.5, 0.6) is 0 Å². The highest BCUT2D eigenvalue weighted by molar-refractivity contribution is 5.75. The monoisotopic (exact) mass is 452 g/mol. The second-order valence-electron chi connectivity index (χ2n) is 12.8. The molecule has 0 aromatic heterocycles. The van der Waals surface area contributed by atoms with Gasteiger partial charge in [-0.1, -0.05) is 41.0 Å². The molecule has 0 amide bonds. The van der Waals surface area contributed by atoms with Crippen LogP contribution < -0.4 is 0 Å². The predicted octanol–water partition coefficient (Wildman–Crippen LogP) is 5.76. The van der Waals surface area contributed by atoms with Crippen LogP contribution in [0.2, 0.25) is 0 Å². The fourth-order valence-electron chi connectivity index (χ4n) is 7.35. The van der Waals surface area contributed by atoms with E-state index in [-0.39, 0.29) is 22.7 Å². The summed E-state index contributed by atoms with van der Waals surface area (Å²) >= 11 is 0. The van der Waals surface area contributed by atoms with Gasteiger partial charge in [0.2, 0.25) is 0 Å². The van der Waals surface area contributed by atoms with Gasteiger partial charge in [0.1, 0.15) is 5.78 Å². The van der Waals surface area contributed by atoms with Gasteiger partial charge in [-0.2, -0.15) is 0 Å². The Labute approximate surface area is 197 Å². The van der Waals surface area contributed by atoms with E-state index >= 15 is 0 Å². The molecule has 0 spiro atoms. The maximum Gasteiger partial charge on any atom is 0.129 e. The van der Waals surface area contributed by atoms with Crippen LogP contribution >= 0.6 is 0 Å². The molecule has 2 rings (SSSR count). The van der Waals surface area contributed by atoms with E-state index in [0.29, 0.717) is 42.4 Å². The molecule has 2 fully saturated rings. The van der Waals surface area contributed by atoms with Crippen LogP contribution in [0.15, 0.2) is 0 Å². The second-order valence-corrected chi connectivity index (χ2v) is 12.8. The van der Waals surface area contributed by atoms with E-state index in [9.17, 15) is 20.1 Å². The van der Waals surface area contributed by atoms with E-state index in [1.807, 2.05) is 0 Å². The van der Waals surface area contributed by atoms with Crippen LogP contribution in [-0.4, -0.2) is 38.9 Å². The lowest BCUT2D eigenvalue weighted by atomic mass is 9.55. The summed E-state index contributed by atoms with van der Waals surface area (Å²) in [5.41, 5.74) is -0.767. The first-order valence-electron chi connectivity index (χ1n) is 13.2. The average molecular weight is 453 g/mol. The van der Waals surface area contributed by atoms with Gasteiger partial charge in [-0.15, -0.1) is 0 Å². The normalized spacial score (nSPS) is 40.3. The van der Waals surface area contributed by atoms with Crippen molar-refractivity contribution in [1.82, 2.24) is 0 Å². The van der Waals surface area contributed by atoms with Crippen molar-refractivity contribution in [2.75, 3.05) is 0 Å². The maximum absolute atomic E-state index is 11.7. The molecule has 0 aromatic carbocycles. The fraction of sp³-hybridized carbons (Fsp3) is 0.964. The van der Waals surface area contributed by atoms with Crippen molar-refractivity contribution in [3.63, 3.8) is 0 Å². The Hall–Kier alpha value is -0.450. The first kappa shape index (κ1) is 27.8. The van der Waals surface area contributed by atoms with E-state index in [1.165, 1.54) is 6.42 Å². The van der Waals surface area contributed by atoms with Crippen molar-refractivity contribution in [3.05, 3.63) is 0 Å². The minimum absolute atomic E-state index is 0.116. The standard InChI is InChI=1S/C28H52O4/c1-9-28(8)22(18(2)10-13-25(31)26(5,6)32)11-12-23(28)21-17-27(7,15-14-20(4)29)19(3)16-24(21)30/h18-19,21-25,30-32H,9-17H2,1-8H3/t18-,19+,21-,22-,23+,24?,25?,27-,28-/m1/s1. The third-order valence-corrected chi connectivity index (χ3v) is 10.2. The molecule has 0 radical (unpaired) electrons. The average Bonchev–Trinajstić information content (AvgIpc) is 3.04. The second kappa shape index (κ2) is 10.4. The van der Waals surface area contributed by atoms with Gasteiger partial charge < -0.3 is 20.1 Å². The number of aliphatic hydroxyl groups is 3. The molecule has 4 heteroatoms. The number of hydrogen-bond donors (Lipinski definition) is 3. The summed E-state index contributed by atoms with van der Waals surface area (Å²) in [5.74, 6) is 2.54. The number of carbonyl (C=O) groups excluding carboxylic acids is 1. The van der Waals surface area contributed by atoms with Crippen LogP contribution in [0.3, 0.4) is 0 Å². The zero-order chi connectivity index (χ0) is 24.5. The van der Waals surface area contributed by atoms with Crippen molar-refractivity contribution in [1.29, 1.82) is 0 Å². The van der Waals surface area contributed by atoms with Crippen molar-refractivity contribution in [3.8, 4) is 0 Å². The largest absolute Gasteiger partial charge is 0.393 e. The molecule has 0 heterocycles. The van der Waals surface area contributed by atoms with Crippen LogP contribution in [0.25, 0.3) is 0 Å². The molecule has 188 valence electrons. The summed E-state index contributed by atoms with van der Waals surface area (Å²) < 4.78 is 0. The zero-order valence-electron chi connectivity index (χ0n) is 22.2. The molecule has 3 N–H and O–H groups in total. The predicted molar refractivity (Wildman–Crippen MR) is 131 cm³/mol. The Morgan fingerprint density at radius 1 is 1.19 bits per heavy atom. The first-order valence-corrected chi connectivity index (χ1v) is 13.2. The molecule has 0 saturated heterocycles. The highest BCUT2D eigenvalue weighted by Gasteiger charge is 2.54. The van der Waals surface area contributed by atoms with Gasteiger partial charge in [-0.3, -0.25) is 0 Å². The molecule has 2 saturated carbocycles. The quantitative estimate of drug-likeness (QED) is 0.394. The van der Waals surface area contributed by atoms with E-state index < -0.39 is 11.7 Å². The lowest BCUT2D eigenvalue weighted by Gasteiger charge is -2.51. The number of carbonyl (C=O) groups is 1. The molecule has 2 aliphatic carbocycles. The van der Waals surface area contributed by atoms with Crippen LogP contribution in [0.4, 0.5) is 0 Å². The van der Waals surface area contributed by atoms with Gasteiger partial charge in [0.25, 0.3) is 0 Å². The molecular weight excluding hydrogens is 400 g/mol. The van der Waals surface area contributed by atoms with Crippen LogP contribution in [0, 0.1) is 40.4 Å². The Kier molecular flexibility index (Phi) is 9.07. The molecule has 4 nitrogen and oxygen atoms in total. The summed E-state index contributed by atoms with van der Waals surface area (Å²) in [5, 5.41) is 31.6. The SMILES string of the molecule is CC[C@]1(C)[C@@H]([C@H](C)CCC(O)C(C)(C)O)CC[C@H]1[C@H]1C[C@@](C)(CCC(C)=O)[C@@H](C)CC1O. The third kappa shape index (κ3) is 5.96. The van der Waals surface area contributed by atoms with Gasteiger partial charge in [-0.25, -0.2) is 0 Å². The number of ketones is 1. The summed E-state index contributed by atoms with van der Waals surface area (Å²) in [6.07, 6.45) is 7.45. The van der Waals surface area contributed by atoms with Crippen LogP contribution in [0.1, 0.15) is 113 Å². The molecule has 0 aromatic rings. The molecular formula is C28H52O4. The van der Waals surface area contributed by atoms with Gasteiger partial charge in [0.05, 0.1) is 17.8 Å². The number of Topliss-reactive ketones (excluding diaryl/α,β-unsaturated/α-hetero) is 1. The lowest BCUT2D eigenvalue weighted by Crippen LogP contribution is -2.47. The molecule has 2 aliphatic rings. The van der Waals surface area contributed by atoms with E-state index in [0.717, 1.165) is 38.5 Å². The van der Waals surface area contributed by atoms with Crippen molar-refractivity contribution in [2.24, 2.45) is 40.4 Å². The van der Waals surface area contributed by atoms with E-state index in [2.05, 4.69) is 34.6 Å². The molecule has 0 aliphatic heterocycles. The highest BCUT2D eigenvalue weighted by atomic mass is 16.3. The Morgan fingerprint density at radius 2 is 1.81 bits per heavy atom. The summed E-state index contributed by atoms with van der Waals surface area (Å²) in [6, 6.07) is 0. The van der Waals surface area contributed by atoms with Gasteiger partial charge in [0.15, 0.2) is 0 Å². The molecule has 0 bridgehead atoms. The van der Waals surface area contributed by atoms with Crippen molar-refractivity contribution < 1.29 is 20.1 Å². The van der Waals surface area contributed by atoms with Crippen LogP contribution in [-0.2, 0) is 4.79 Å². The Bertz CT molecular complexity index is 625. The third-order valence-electron chi connectivity index (χ3n) is 10.2. The smallest absolute Gasteiger partial charge is 0.129 e. The van der Waals surface area contributed by atoms with E-state index in [4.69, 9.17) is 0 Å². The number of aliphatic hydroxyl groups excluding tert-OH is 2. The van der Waals surface area contributed by atoms with Gasteiger partial charge >= 0.3 is 0 Å². The fourth-order valence-corrected chi connectivity index (χ4v) is 7.35. The Morgan fingerprint density at radius 3 is 2.34 bits per heavy atom. The summed E-state index contributed by atoms with van der Waals surface area (Å²) in [4.78, 5) is 11.7. The molecule has 2 unspecified atom stereocenters. The van der Waals surface area contributed by atoms with Gasteiger partial charge in [0, 0.05) is 6.42 Å². The minimum atomic E-state index is -1.06. The topological polar surface area (TPSA) is 77.8 Å². The van der Waals surface area contributed by atoms with Crippen molar-refractivity contribution in [2.45, 2.75) is 131 Å². The molecule has 9 atom stereocenters. The summed E-state index contributed by atoms with van der Waals surface area (Å²) in [7, 11) is 0. The van der Waals surface area contributed by atoms with Gasteiger partial charge in [-0.05, 0) is 106 Å². The lowest BCUT2D eigenvalue weighted by molar-refractivity contribution is -0.119.